The van der Waals surface area contributed by atoms with Crippen LogP contribution in [0.25, 0.3) is 0 Å². The number of amides is 1. The largest absolute Gasteiger partial charge is 0.481 e. The zero-order valence-electron chi connectivity index (χ0n) is 12.6. The second-order valence-corrected chi connectivity index (χ2v) is 5.64. The fourth-order valence-electron chi connectivity index (χ4n) is 2.50. The molecular formula is C16H19F2NO4. The molecule has 1 fully saturated rings. The minimum atomic E-state index is -1.02. The molecule has 0 aliphatic carbocycles. The summed E-state index contributed by atoms with van der Waals surface area (Å²) in [4.78, 5) is 24.5. The summed E-state index contributed by atoms with van der Waals surface area (Å²) in [7, 11) is 0. The highest BCUT2D eigenvalue weighted by atomic mass is 19.2. The monoisotopic (exact) mass is 327 g/mol. The Balaban J connectivity index is 2.03. The molecule has 1 atom stereocenters. The molecular weight excluding hydrogens is 308 g/mol. The molecule has 1 aromatic rings. The summed E-state index contributed by atoms with van der Waals surface area (Å²) >= 11 is 0. The topological polar surface area (TPSA) is 66.8 Å². The van der Waals surface area contributed by atoms with Crippen molar-refractivity contribution >= 4 is 11.9 Å². The SMILES string of the molecule is O=C(O)CCN(Cc1ccc(F)c(F)c1)C(=O)C[C@H]1CCOC1. The van der Waals surface area contributed by atoms with Gasteiger partial charge in [0.1, 0.15) is 0 Å². The van der Waals surface area contributed by atoms with Crippen LogP contribution in [0.1, 0.15) is 24.8 Å². The molecule has 1 aliphatic heterocycles. The van der Waals surface area contributed by atoms with Gasteiger partial charge in [0.15, 0.2) is 11.6 Å². The third kappa shape index (κ3) is 5.28. The molecule has 1 aliphatic rings. The van der Waals surface area contributed by atoms with E-state index in [1.165, 1.54) is 11.0 Å². The molecule has 7 heteroatoms. The van der Waals surface area contributed by atoms with Crippen LogP contribution in [0, 0.1) is 17.6 Å². The van der Waals surface area contributed by atoms with Crippen molar-refractivity contribution in [3.63, 3.8) is 0 Å². The third-order valence-electron chi connectivity index (χ3n) is 3.79. The predicted octanol–water partition coefficient (Wildman–Crippen LogP) is 2.19. The minimum Gasteiger partial charge on any atom is -0.481 e. The number of carbonyl (C=O) groups excluding carboxylic acids is 1. The zero-order chi connectivity index (χ0) is 16.8. The van der Waals surface area contributed by atoms with Gasteiger partial charge in [0.25, 0.3) is 0 Å². The van der Waals surface area contributed by atoms with Gasteiger partial charge in [-0.2, -0.15) is 0 Å². The van der Waals surface area contributed by atoms with Crippen molar-refractivity contribution in [1.82, 2.24) is 4.90 Å². The molecule has 5 nitrogen and oxygen atoms in total. The molecule has 1 amide bonds. The number of rotatable bonds is 7. The van der Waals surface area contributed by atoms with E-state index in [1.807, 2.05) is 0 Å². The summed E-state index contributed by atoms with van der Waals surface area (Å²) in [6.45, 7) is 1.22. The summed E-state index contributed by atoms with van der Waals surface area (Å²) in [5, 5.41) is 8.81. The maximum atomic E-state index is 13.3. The van der Waals surface area contributed by atoms with Gasteiger partial charge < -0.3 is 14.7 Å². The van der Waals surface area contributed by atoms with E-state index in [2.05, 4.69) is 0 Å². The third-order valence-corrected chi connectivity index (χ3v) is 3.79. The van der Waals surface area contributed by atoms with Crippen LogP contribution in [0.4, 0.5) is 8.78 Å². The minimum absolute atomic E-state index is 0.0285. The lowest BCUT2D eigenvalue weighted by atomic mass is 10.0. The first-order valence-electron chi connectivity index (χ1n) is 7.47. The summed E-state index contributed by atoms with van der Waals surface area (Å²) < 4.78 is 31.5. The van der Waals surface area contributed by atoms with Crippen LogP contribution in [-0.4, -0.2) is 41.6 Å². The van der Waals surface area contributed by atoms with E-state index in [-0.39, 0.29) is 37.8 Å². The van der Waals surface area contributed by atoms with Gasteiger partial charge in [-0.05, 0) is 30.0 Å². The van der Waals surface area contributed by atoms with Crippen molar-refractivity contribution in [2.45, 2.75) is 25.8 Å². The van der Waals surface area contributed by atoms with Crippen molar-refractivity contribution in [3.8, 4) is 0 Å². The van der Waals surface area contributed by atoms with Crippen LogP contribution in [-0.2, 0) is 20.9 Å². The number of carbonyl (C=O) groups is 2. The molecule has 23 heavy (non-hydrogen) atoms. The Morgan fingerprint density at radius 3 is 2.70 bits per heavy atom. The number of carboxylic acid groups (broad SMARTS) is 1. The van der Waals surface area contributed by atoms with Gasteiger partial charge in [0, 0.05) is 32.7 Å². The maximum absolute atomic E-state index is 13.3. The van der Waals surface area contributed by atoms with E-state index in [4.69, 9.17) is 9.84 Å². The molecule has 0 unspecified atom stereocenters. The molecule has 2 rings (SSSR count). The average Bonchev–Trinajstić information content (AvgIpc) is 2.99. The van der Waals surface area contributed by atoms with Gasteiger partial charge in [-0.15, -0.1) is 0 Å². The highest BCUT2D eigenvalue weighted by Crippen LogP contribution is 2.19. The Bertz CT molecular complexity index is 573. The van der Waals surface area contributed by atoms with E-state index in [0.717, 1.165) is 18.6 Å². The molecule has 0 spiro atoms. The van der Waals surface area contributed by atoms with Gasteiger partial charge in [-0.3, -0.25) is 9.59 Å². The smallest absolute Gasteiger partial charge is 0.305 e. The summed E-state index contributed by atoms with van der Waals surface area (Å²) in [5.41, 5.74) is 0.422. The first kappa shape index (κ1) is 17.3. The Kier molecular flexibility index (Phi) is 6.04. The number of nitrogens with zero attached hydrogens (tertiary/aromatic N) is 1. The normalized spacial score (nSPS) is 17.2. The lowest BCUT2D eigenvalue weighted by molar-refractivity contribution is -0.139. The van der Waals surface area contributed by atoms with Gasteiger partial charge >= 0.3 is 5.97 Å². The van der Waals surface area contributed by atoms with Crippen LogP contribution in [0.5, 0.6) is 0 Å². The van der Waals surface area contributed by atoms with E-state index < -0.39 is 17.6 Å². The van der Waals surface area contributed by atoms with Crippen LogP contribution in [0.3, 0.4) is 0 Å². The highest BCUT2D eigenvalue weighted by Gasteiger charge is 2.23. The first-order chi connectivity index (χ1) is 11.0. The van der Waals surface area contributed by atoms with Crippen molar-refractivity contribution in [2.24, 2.45) is 5.92 Å². The number of carboxylic acids is 1. The Labute approximate surface area is 132 Å². The predicted molar refractivity (Wildman–Crippen MR) is 77.6 cm³/mol. The molecule has 0 aromatic heterocycles. The van der Waals surface area contributed by atoms with Crippen LogP contribution in [0.2, 0.25) is 0 Å². The summed E-state index contributed by atoms with van der Waals surface area (Å²) in [6, 6.07) is 3.41. The van der Waals surface area contributed by atoms with E-state index in [0.29, 0.717) is 18.8 Å². The van der Waals surface area contributed by atoms with Crippen molar-refractivity contribution < 1.29 is 28.2 Å². The second-order valence-electron chi connectivity index (χ2n) is 5.64. The van der Waals surface area contributed by atoms with Crippen LogP contribution in [0.15, 0.2) is 18.2 Å². The molecule has 1 N–H and O–H groups in total. The second kappa shape index (κ2) is 8.01. The number of benzene rings is 1. The quantitative estimate of drug-likeness (QED) is 0.834. The van der Waals surface area contributed by atoms with E-state index >= 15 is 0 Å². The maximum Gasteiger partial charge on any atom is 0.305 e. The molecule has 1 aromatic carbocycles. The van der Waals surface area contributed by atoms with Crippen LogP contribution >= 0.6 is 0 Å². The molecule has 126 valence electrons. The number of ether oxygens (including phenoxy) is 1. The van der Waals surface area contributed by atoms with Gasteiger partial charge in [0.05, 0.1) is 6.42 Å². The molecule has 1 heterocycles. The zero-order valence-corrected chi connectivity index (χ0v) is 12.6. The fourth-order valence-corrected chi connectivity index (χ4v) is 2.50. The molecule has 1 saturated heterocycles. The number of aliphatic carboxylic acids is 1. The van der Waals surface area contributed by atoms with Gasteiger partial charge in [0.2, 0.25) is 5.91 Å². The Morgan fingerprint density at radius 1 is 1.30 bits per heavy atom. The number of halogens is 2. The lowest BCUT2D eigenvalue weighted by Gasteiger charge is -2.23. The van der Waals surface area contributed by atoms with E-state index in [1.54, 1.807) is 0 Å². The molecule has 0 saturated carbocycles. The summed E-state index contributed by atoms with van der Waals surface area (Å²) in [5.74, 6) is -3.04. The summed E-state index contributed by atoms with van der Waals surface area (Å²) in [6.07, 6.45) is 0.865. The fraction of sp³-hybridized carbons (Fsp3) is 0.500. The van der Waals surface area contributed by atoms with Gasteiger partial charge in [-0.1, -0.05) is 6.07 Å². The number of hydrogen-bond acceptors (Lipinski definition) is 3. The highest BCUT2D eigenvalue weighted by molar-refractivity contribution is 5.77. The van der Waals surface area contributed by atoms with Gasteiger partial charge in [-0.25, -0.2) is 8.78 Å². The lowest BCUT2D eigenvalue weighted by Crippen LogP contribution is -2.34. The number of hydrogen-bond donors (Lipinski definition) is 1. The molecule has 0 radical (unpaired) electrons. The Hall–Kier alpha value is -2.02. The van der Waals surface area contributed by atoms with Crippen molar-refractivity contribution in [2.75, 3.05) is 19.8 Å². The molecule has 0 bridgehead atoms. The van der Waals surface area contributed by atoms with Crippen molar-refractivity contribution in [3.05, 3.63) is 35.4 Å². The van der Waals surface area contributed by atoms with Crippen LogP contribution < -0.4 is 0 Å². The van der Waals surface area contributed by atoms with Crippen molar-refractivity contribution in [1.29, 1.82) is 0 Å². The standard InChI is InChI=1S/C16H19F2NO4/c17-13-2-1-11(7-14(13)18)9-19(5-3-16(21)22)15(20)8-12-4-6-23-10-12/h1-2,7,12H,3-6,8-10H2,(H,21,22)/t12-/m1/s1. The first-order valence-corrected chi connectivity index (χ1v) is 7.47. The Morgan fingerprint density at radius 2 is 2.09 bits per heavy atom. The average molecular weight is 327 g/mol. The van der Waals surface area contributed by atoms with E-state index in [9.17, 15) is 18.4 Å².